The van der Waals surface area contributed by atoms with Crippen LogP contribution >= 0.6 is 0 Å². The molecule has 0 unspecified atom stereocenters. The fraction of sp³-hybridized carbons (Fsp3) is 0.455. The Bertz CT molecular complexity index is 910. The summed E-state index contributed by atoms with van der Waals surface area (Å²) in [6.45, 7) is 3.31. The van der Waals surface area contributed by atoms with Crippen molar-refractivity contribution in [2.24, 2.45) is 5.92 Å². The number of aromatic nitrogens is 1. The summed E-state index contributed by atoms with van der Waals surface area (Å²) in [4.78, 5) is 22.3. The molecule has 5 aliphatic rings. The molecule has 6 heterocycles. The largest absolute Gasteiger partial charge is 0.454 e. The predicted octanol–water partition coefficient (Wildman–Crippen LogP) is 2.51. The molecule has 3 atom stereocenters. The molecule has 2 aromatic rings. The van der Waals surface area contributed by atoms with Gasteiger partial charge in [-0.05, 0) is 61.7 Å². The van der Waals surface area contributed by atoms with Crippen molar-refractivity contribution in [1.29, 1.82) is 0 Å². The maximum absolute atomic E-state index is 13.4. The maximum atomic E-state index is 13.4. The minimum Gasteiger partial charge on any atom is -0.454 e. The molecule has 6 nitrogen and oxygen atoms in total. The van der Waals surface area contributed by atoms with Gasteiger partial charge in [0.15, 0.2) is 11.5 Å². The summed E-state index contributed by atoms with van der Waals surface area (Å²) in [7, 11) is 0. The van der Waals surface area contributed by atoms with Crippen molar-refractivity contribution in [1.82, 2.24) is 14.8 Å². The Labute approximate surface area is 164 Å². The van der Waals surface area contributed by atoms with E-state index >= 15 is 0 Å². The number of rotatable bonds is 2. The fourth-order valence-electron chi connectivity index (χ4n) is 5.75. The number of piperidine rings is 3. The number of hydrogen-bond acceptors (Lipinski definition) is 5. The van der Waals surface area contributed by atoms with Crippen molar-refractivity contribution in [2.45, 2.75) is 30.8 Å². The van der Waals surface area contributed by atoms with E-state index in [0.29, 0.717) is 23.4 Å². The first-order valence-corrected chi connectivity index (χ1v) is 10.1. The molecule has 0 aliphatic carbocycles. The van der Waals surface area contributed by atoms with Crippen LogP contribution in [-0.2, 0) is 0 Å². The van der Waals surface area contributed by atoms with E-state index in [4.69, 9.17) is 9.47 Å². The lowest BCUT2D eigenvalue weighted by atomic mass is 9.75. The van der Waals surface area contributed by atoms with E-state index in [1.165, 1.54) is 18.4 Å². The first-order chi connectivity index (χ1) is 13.8. The fourth-order valence-corrected chi connectivity index (χ4v) is 5.75. The van der Waals surface area contributed by atoms with Gasteiger partial charge in [0.05, 0.1) is 11.6 Å². The Balaban J connectivity index is 1.39. The summed E-state index contributed by atoms with van der Waals surface area (Å²) in [5.41, 5.74) is 1.93. The standard InChI is InChI=1S/C22H23N3O3/c26-22(16-2-1-7-23-11-16)25-12-17(15-3-4-18-19(10-15)28-13-27-18)21-20(25)14-5-8-24(21)9-6-14/h1-4,7,10-11,14,17,20-21H,5-6,8-9,12-13H2/t17-,20+,21+/m0/s1. The number of nitrogens with zero attached hydrogens (tertiary/aromatic N) is 3. The van der Waals surface area contributed by atoms with Crippen LogP contribution in [0.3, 0.4) is 0 Å². The highest BCUT2D eigenvalue weighted by molar-refractivity contribution is 5.94. The van der Waals surface area contributed by atoms with Crippen LogP contribution in [0.5, 0.6) is 11.5 Å². The zero-order valence-electron chi connectivity index (χ0n) is 15.7. The van der Waals surface area contributed by atoms with Gasteiger partial charge in [-0.2, -0.15) is 0 Å². The van der Waals surface area contributed by atoms with Crippen LogP contribution in [0.2, 0.25) is 0 Å². The Morgan fingerprint density at radius 1 is 1.07 bits per heavy atom. The quantitative estimate of drug-likeness (QED) is 0.805. The topological polar surface area (TPSA) is 54.9 Å². The second-order valence-corrected chi connectivity index (χ2v) is 8.27. The van der Waals surface area contributed by atoms with E-state index in [9.17, 15) is 4.79 Å². The van der Waals surface area contributed by atoms with Gasteiger partial charge in [-0.15, -0.1) is 0 Å². The van der Waals surface area contributed by atoms with Crippen LogP contribution in [-0.4, -0.2) is 59.2 Å². The number of hydrogen-bond donors (Lipinski definition) is 0. The van der Waals surface area contributed by atoms with Gasteiger partial charge in [0.25, 0.3) is 5.91 Å². The Morgan fingerprint density at radius 3 is 2.75 bits per heavy atom. The second-order valence-electron chi connectivity index (χ2n) is 8.27. The summed E-state index contributed by atoms with van der Waals surface area (Å²) in [5, 5.41) is 0. The van der Waals surface area contributed by atoms with Crippen molar-refractivity contribution in [3.63, 3.8) is 0 Å². The average molecular weight is 377 g/mol. The lowest BCUT2D eigenvalue weighted by Gasteiger charge is -2.51. The number of ether oxygens (including phenoxy) is 2. The number of likely N-dealkylation sites (tertiary alicyclic amines) is 1. The predicted molar refractivity (Wildman–Crippen MR) is 102 cm³/mol. The van der Waals surface area contributed by atoms with Crippen LogP contribution in [0, 0.1) is 5.92 Å². The molecule has 0 spiro atoms. The monoisotopic (exact) mass is 377 g/mol. The highest BCUT2D eigenvalue weighted by atomic mass is 16.7. The first-order valence-electron chi connectivity index (χ1n) is 10.1. The summed E-state index contributed by atoms with van der Waals surface area (Å²) >= 11 is 0. The number of carbonyl (C=O) groups is 1. The minimum absolute atomic E-state index is 0.111. The van der Waals surface area contributed by atoms with Crippen molar-refractivity contribution in [3.05, 3.63) is 53.9 Å². The highest BCUT2D eigenvalue weighted by Gasteiger charge is 2.54. The minimum atomic E-state index is 0.111. The molecule has 5 aliphatic heterocycles. The number of fused-ring (bicyclic) bond motifs is 3. The van der Waals surface area contributed by atoms with Crippen LogP contribution in [0.25, 0.3) is 0 Å². The van der Waals surface area contributed by atoms with E-state index in [-0.39, 0.29) is 18.7 Å². The number of benzene rings is 1. The molecule has 4 fully saturated rings. The molecule has 1 aromatic carbocycles. The maximum Gasteiger partial charge on any atom is 0.255 e. The van der Waals surface area contributed by atoms with Gasteiger partial charge in [-0.25, -0.2) is 0 Å². The van der Waals surface area contributed by atoms with E-state index in [1.54, 1.807) is 12.4 Å². The molecule has 0 N–H and O–H groups in total. The molecule has 1 aromatic heterocycles. The summed E-state index contributed by atoms with van der Waals surface area (Å²) in [6, 6.07) is 10.7. The van der Waals surface area contributed by atoms with Gasteiger partial charge in [0.2, 0.25) is 6.79 Å². The molecule has 0 saturated carbocycles. The Kier molecular flexibility index (Phi) is 3.63. The SMILES string of the molecule is O=C(c1cccnc1)N1C[C@@H](c2ccc3c(c2)OCO3)[C@@H]2[C@H]1C1CCN2CC1. The van der Waals surface area contributed by atoms with Crippen LogP contribution in [0.4, 0.5) is 0 Å². The van der Waals surface area contributed by atoms with Crippen molar-refractivity contribution >= 4 is 5.91 Å². The highest BCUT2D eigenvalue weighted by Crippen LogP contribution is 2.48. The molecule has 28 heavy (non-hydrogen) atoms. The molecule has 6 heteroatoms. The van der Waals surface area contributed by atoms with Crippen molar-refractivity contribution < 1.29 is 14.3 Å². The smallest absolute Gasteiger partial charge is 0.255 e. The molecular weight excluding hydrogens is 354 g/mol. The van der Waals surface area contributed by atoms with Gasteiger partial charge in [0.1, 0.15) is 0 Å². The molecule has 1 amide bonds. The lowest BCUT2D eigenvalue weighted by molar-refractivity contribution is -0.00342. The summed E-state index contributed by atoms with van der Waals surface area (Å²) in [5.74, 6) is 2.63. The first kappa shape index (κ1) is 16.4. The summed E-state index contributed by atoms with van der Waals surface area (Å²) in [6.07, 6.45) is 5.78. The third kappa shape index (κ3) is 2.37. The molecule has 7 rings (SSSR count). The third-order valence-electron chi connectivity index (χ3n) is 6.99. The molecule has 144 valence electrons. The van der Waals surface area contributed by atoms with Gasteiger partial charge in [-0.1, -0.05) is 6.07 Å². The van der Waals surface area contributed by atoms with E-state index in [2.05, 4.69) is 26.9 Å². The van der Waals surface area contributed by atoms with Crippen LogP contribution in [0.15, 0.2) is 42.7 Å². The van der Waals surface area contributed by atoms with E-state index in [0.717, 1.165) is 31.1 Å². The molecule has 4 saturated heterocycles. The van der Waals surface area contributed by atoms with Crippen molar-refractivity contribution in [3.8, 4) is 11.5 Å². The van der Waals surface area contributed by atoms with Crippen LogP contribution in [0.1, 0.15) is 34.7 Å². The summed E-state index contributed by atoms with van der Waals surface area (Å²) < 4.78 is 11.1. The molecule has 0 radical (unpaired) electrons. The molecular formula is C22H23N3O3. The van der Waals surface area contributed by atoms with Gasteiger partial charge < -0.3 is 14.4 Å². The zero-order valence-corrected chi connectivity index (χ0v) is 15.7. The normalized spacial score (nSPS) is 32.4. The van der Waals surface area contributed by atoms with Gasteiger partial charge in [0, 0.05) is 30.9 Å². The number of amides is 1. The number of pyridine rings is 1. The third-order valence-corrected chi connectivity index (χ3v) is 6.99. The van der Waals surface area contributed by atoms with Gasteiger partial charge >= 0.3 is 0 Å². The Morgan fingerprint density at radius 2 is 1.93 bits per heavy atom. The Hall–Kier alpha value is -2.60. The number of carbonyl (C=O) groups excluding carboxylic acids is 1. The molecule has 2 bridgehead atoms. The van der Waals surface area contributed by atoms with E-state index in [1.807, 2.05) is 18.2 Å². The zero-order chi connectivity index (χ0) is 18.7. The second kappa shape index (κ2) is 6.21. The van der Waals surface area contributed by atoms with Crippen LogP contribution < -0.4 is 9.47 Å². The van der Waals surface area contributed by atoms with Crippen molar-refractivity contribution in [2.75, 3.05) is 26.4 Å². The van der Waals surface area contributed by atoms with E-state index < -0.39 is 0 Å². The lowest BCUT2D eigenvalue weighted by Crippen LogP contribution is -2.60. The average Bonchev–Trinajstić information content (AvgIpc) is 3.40. The van der Waals surface area contributed by atoms with Gasteiger partial charge in [-0.3, -0.25) is 14.7 Å².